The molecule has 1 aliphatic rings. The summed E-state index contributed by atoms with van der Waals surface area (Å²) in [5.41, 5.74) is 1.00. The zero-order chi connectivity index (χ0) is 33.9. The first-order valence-corrected chi connectivity index (χ1v) is 15.1. The predicted octanol–water partition coefficient (Wildman–Crippen LogP) is 7.47. The van der Waals surface area contributed by atoms with Crippen molar-refractivity contribution in [2.24, 2.45) is 0 Å². The molecular formula is C33H47F2N7O3. The van der Waals surface area contributed by atoms with Gasteiger partial charge in [-0.1, -0.05) is 19.9 Å². The summed E-state index contributed by atoms with van der Waals surface area (Å²) < 4.78 is 33.9. The average Bonchev–Trinajstić information content (AvgIpc) is 2.95. The van der Waals surface area contributed by atoms with E-state index in [4.69, 9.17) is 4.74 Å². The molecule has 3 aromatic rings. The Morgan fingerprint density at radius 1 is 1.04 bits per heavy atom. The second kappa shape index (κ2) is 16.1. The third kappa shape index (κ3) is 11.6. The number of hydrogen-bond donors (Lipinski definition) is 3. The third-order valence-electron chi connectivity index (χ3n) is 6.16. The fourth-order valence-electron chi connectivity index (χ4n) is 4.06. The number of halogens is 2. The molecular weight excluding hydrogens is 580 g/mol. The Bertz CT molecular complexity index is 1440. The van der Waals surface area contributed by atoms with Crippen LogP contribution in [0.25, 0.3) is 0 Å². The van der Waals surface area contributed by atoms with Gasteiger partial charge in [0.2, 0.25) is 12.4 Å². The van der Waals surface area contributed by atoms with Gasteiger partial charge in [0, 0.05) is 36.6 Å². The van der Waals surface area contributed by atoms with Crippen LogP contribution in [0.5, 0.6) is 0 Å². The predicted molar refractivity (Wildman–Crippen MR) is 174 cm³/mol. The number of carbonyl (C=O) groups excluding carboxylic acids is 2. The molecule has 3 heterocycles. The molecule has 0 spiro atoms. The molecule has 4 rings (SSSR count). The molecule has 45 heavy (non-hydrogen) atoms. The summed E-state index contributed by atoms with van der Waals surface area (Å²) in [4.78, 5) is 36.6. The summed E-state index contributed by atoms with van der Waals surface area (Å²) in [6.07, 6.45) is 2.74. The zero-order valence-electron chi connectivity index (χ0n) is 28.0. The fourth-order valence-corrected chi connectivity index (χ4v) is 4.06. The van der Waals surface area contributed by atoms with E-state index >= 15 is 0 Å². The maximum Gasteiger partial charge on any atom is 0.410 e. The number of pyridine rings is 1. The number of benzene rings is 1. The smallest absolute Gasteiger partial charge is 0.410 e. The van der Waals surface area contributed by atoms with E-state index in [1.165, 1.54) is 26.0 Å². The van der Waals surface area contributed by atoms with Crippen LogP contribution in [0.15, 0.2) is 36.5 Å². The number of carbonyl (C=O) groups is 2. The molecule has 0 saturated carbocycles. The van der Waals surface area contributed by atoms with Crippen molar-refractivity contribution in [3.05, 3.63) is 64.7 Å². The molecule has 12 heteroatoms. The number of amides is 2. The molecule has 0 bridgehead atoms. The van der Waals surface area contributed by atoms with Gasteiger partial charge < -0.3 is 25.6 Å². The van der Waals surface area contributed by atoms with Crippen molar-refractivity contribution in [3.8, 4) is 0 Å². The largest absolute Gasteiger partial charge is 0.444 e. The highest BCUT2D eigenvalue weighted by Gasteiger charge is 2.27. The number of anilines is 4. The summed E-state index contributed by atoms with van der Waals surface area (Å²) in [5, 5.41) is 8.77. The Morgan fingerprint density at radius 3 is 2.31 bits per heavy atom. The van der Waals surface area contributed by atoms with Crippen LogP contribution in [-0.4, -0.2) is 50.5 Å². The van der Waals surface area contributed by atoms with Crippen LogP contribution in [0.4, 0.5) is 36.8 Å². The van der Waals surface area contributed by atoms with Gasteiger partial charge in [-0.25, -0.2) is 23.5 Å². The van der Waals surface area contributed by atoms with Crippen LogP contribution in [-0.2, 0) is 28.2 Å². The SMILES string of the molecule is CC.CC(C)NC=O.Cc1cnc(Nc2ccc3c(c2)CCN(C(=O)OC(C)(C)C)C3)nc1Nc1ccc(F)c(C(C)(C)F)n1. The molecule has 2 amide bonds. The molecule has 0 unspecified atom stereocenters. The lowest BCUT2D eigenvalue weighted by atomic mass is 9.99. The molecule has 0 fully saturated rings. The number of ether oxygens (including phenoxy) is 1. The second-order valence-electron chi connectivity index (χ2n) is 12.0. The summed E-state index contributed by atoms with van der Waals surface area (Å²) in [7, 11) is 0. The number of alkyl halides is 1. The zero-order valence-corrected chi connectivity index (χ0v) is 28.0. The van der Waals surface area contributed by atoms with Crippen molar-refractivity contribution < 1.29 is 23.1 Å². The molecule has 3 N–H and O–H groups in total. The number of nitrogens with zero attached hydrogens (tertiary/aromatic N) is 4. The van der Waals surface area contributed by atoms with Crippen molar-refractivity contribution in [2.75, 3.05) is 17.2 Å². The fraction of sp³-hybridized carbons (Fsp3) is 0.485. The number of rotatable bonds is 7. The molecule has 10 nitrogen and oxygen atoms in total. The van der Waals surface area contributed by atoms with Crippen molar-refractivity contribution >= 4 is 35.8 Å². The van der Waals surface area contributed by atoms with Gasteiger partial charge in [-0.05, 0) is 97.2 Å². The van der Waals surface area contributed by atoms with E-state index in [1.54, 1.807) is 11.1 Å². The summed E-state index contributed by atoms with van der Waals surface area (Å²) in [6.45, 7) is 18.8. The lowest BCUT2D eigenvalue weighted by Gasteiger charge is -2.31. The van der Waals surface area contributed by atoms with Gasteiger partial charge >= 0.3 is 6.09 Å². The van der Waals surface area contributed by atoms with Crippen LogP contribution in [0.1, 0.15) is 84.7 Å². The Balaban J connectivity index is 0.000000790. The van der Waals surface area contributed by atoms with Crippen LogP contribution in [0.2, 0.25) is 0 Å². The number of nitrogens with one attached hydrogen (secondary N) is 3. The van der Waals surface area contributed by atoms with E-state index in [0.29, 0.717) is 37.7 Å². The average molecular weight is 628 g/mol. The van der Waals surface area contributed by atoms with Crippen molar-refractivity contribution in [2.45, 2.75) is 99.5 Å². The standard InChI is InChI=1S/C27H32F2N6O2.C4H9NO.C2H6/c1-16-14-30-24(34-23(16)33-21-10-9-20(28)22(32-21)27(5,6)29)31-19-8-7-18-15-35(12-11-17(18)13-19)25(36)37-26(2,3)4;1-4(2)5-3-6;1-2/h7-10,13-14H,11-12,15H2,1-6H3,(H2,30,31,32,33,34);3-4H,1-2H3,(H,5,6);1-2H3. The molecule has 0 radical (unpaired) electrons. The lowest BCUT2D eigenvalue weighted by Crippen LogP contribution is -2.39. The minimum atomic E-state index is -1.93. The first kappa shape index (κ1) is 36.8. The van der Waals surface area contributed by atoms with Gasteiger partial charge in [-0.3, -0.25) is 4.79 Å². The van der Waals surface area contributed by atoms with Gasteiger partial charge in [0.05, 0.1) is 0 Å². The Hall–Kier alpha value is -4.35. The second-order valence-corrected chi connectivity index (χ2v) is 12.0. The van der Waals surface area contributed by atoms with Crippen molar-refractivity contribution in [1.29, 1.82) is 0 Å². The van der Waals surface area contributed by atoms with E-state index < -0.39 is 17.1 Å². The quantitative estimate of drug-likeness (QED) is 0.231. The minimum absolute atomic E-state index is 0.276. The van der Waals surface area contributed by atoms with E-state index in [-0.39, 0.29) is 23.6 Å². The molecule has 0 atom stereocenters. The van der Waals surface area contributed by atoms with Crippen molar-refractivity contribution in [1.82, 2.24) is 25.2 Å². The monoisotopic (exact) mass is 627 g/mol. The number of fused-ring (bicyclic) bond motifs is 1. The highest BCUT2D eigenvalue weighted by atomic mass is 19.1. The lowest BCUT2D eigenvalue weighted by molar-refractivity contribution is -0.109. The van der Waals surface area contributed by atoms with E-state index in [9.17, 15) is 18.4 Å². The molecule has 2 aromatic heterocycles. The van der Waals surface area contributed by atoms with Gasteiger partial charge in [-0.2, -0.15) is 4.98 Å². The minimum Gasteiger partial charge on any atom is -0.444 e. The molecule has 1 aliphatic heterocycles. The maximum atomic E-state index is 14.3. The van der Waals surface area contributed by atoms with Crippen LogP contribution in [0.3, 0.4) is 0 Å². The molecule has 1 aromatic carbocycles. The van der Waals surface area contributed by atoms with Gasteiger partial charge in [0.1, 0.15) is 34.4 Å². The number of hydrogen-bond acceptors (Lipinski definition) is 8. The number of aromatic nitrogens is 3. The van der Waals surface area contributed by atoms with Gasteiger partial charge in [0.15, 0.2) is 0 Å². The summed E-state index contributed by atoms with van der Waals surface area (Å²) in [5.74, 6) is 0.386. The van der Waals surface area contributed by atoms with Crippen LogP contribution in [0, 0.1) is 12.7 Å². The Kier molecular flexibility index (Phi) is 13.2. The highest BCUT2D eigenvalue weighted by molar-refractivity contribution is 5.69. The third-order valence-corrected chi connectivity index (χ3v) is 6.16. The first-order chi connectivity index (χ1) is 21.1. The maximum absolute atomic E-state index is 14.3. The van der Waals surface area contributed by atoms with Crippen molar-refractivity contribution in [3.63, 3.8) is 0 Å². The number of aryl methyl sites for hydroxylation is 1. The van der Waals surface area contributed by atoms with Gasteiger partial charge in [-0.15, -0.1) is 0 Å². The summed E-state index contributed by atoms with van der Waals surface area (Å²) in [6, 6.07) is 8.80. The molecule has 0 aliphatic carbocycles. The highest BCUT2D eigenvalue weighted by Crippen LogP contribution is 2.29. The molecule has 0 saturated heterocycles. The van der Waals surface area contributed by atoms with Gasteiger partial charge in [0.25, 0.3) is 0 Å². The Labute approximate surface area is 265 Å². The topological polar surface area (TPSA) is 121 Å². The first-order valence-electron chi connectivity index (χ1n) is 15.1. The Morgan fingerprint density at radius 2 is 1.73 bits per heavy atom. The van der Waals surface area contributed by atoms with Crippen LogP contribution < -0.4 is 16.0 Å². The van der Waals surface area contributed by atoms with E-state index in [2.05, 4.69) is 30.9 Å². The normalized spacial score (nSPS) is 12.5. The van der Waals surface area contributed by atoms with Crippen LogP contribution >= 0.6 is 0 Å². The van der Waals surface area contributed by atoms with E-state index in [1.807, 2.05) is 73.6 Å². The summed E-state index contributed by atoms with van der Waals surface area (Å²) >= 11 is 0. The molecule has 246 valence electrons. The van der Waals surface area contributed by atoms with E-state index in [0.717, 1.165) is 22.4 Å².